The fraction of sp³-hybridized carbons (Fsp3) is 0.538. The lowest BCUT2D eigenvalue weighted by molar-refractivity contribution is 0.180. The fourth-order valence-corrected chi connectivity index (χ4v) is 3.96. The maximum atomic E-state index is 13.7. The fourth-order valence-electron chi connectivity index (χ4n) is 2.44. The first-order valence-corrected chi connectivity index (χ1v) is 8.36. The van der Waals surface area contributed by atoms with Gasteiger partial charge in [0.25, 0.3) is 0 Å². The first kappa shape index (κ1) is 15.7. The van der Waals surface area contributed by atoms with E-state index < -0.39 is 15.8 Å². The van der Waals surface area contributed by atoms with Gasteiger partial charge in [-0.2, -0.15) is 0 Å². The lowest BCUT2D eigenvalue weighted by Crippen LogP contribution is -2.38. The Labute approximate surface area is 123 Å². The van der Waals surface area contributed by atoms with Crippen LogP contribution in [0.1, 0.15) is 25.7 Å². The molecule has 1 aliphatic carbocycles. The number of halogens is 2. The summed E-state index contributed by atoms with van der Waals surface area (Å²) in [7, 11) is -3.88. The zero-order valence-electron chi connectivity index (χ0n) is 10.9. The van der Waals surface area contributed by atoms with Gasteiger partial charge in [0.2, 0.25) is 10.0 Å². The summed E-state index contributed by atoms with van der Waals surface area (Å²) >= 11 is 5.61. The average molecular weight is 322 g/mol. The second kappa shape index (κ2) is 6.39. The lowest BCUT2D eigenvalue weighted by Gasteiger charge is -2.27. The zero-order chi connectivity index (χ0) is 14.8. The minimum absolute atomic E-state index is 0.130. The molecule has 1 aromatic rings. The molecule has 2 rings (SSSR count). The number of sulfonamides is 1. The topological polar surface area (TPSA) is 66.4 Å². The van der Waals surface area contributed by atoms with Gasteiger partial charge in [0.15, 0.2) is 0 Å². The van der Waals surface area contributed by atoms with E-state index in [1.54, 1.807) is 0 Å². The van der Waals surface area contributed by atoms with Gasteiger partial charge in [-0.15, -0.1) is 0 Å². The van der Waals surface area contributed by atoms with E-state index in [0.717, 1.165) is 18.9 Å². The van der Waals surface area contributed by atoms with Crippen LogP contribution in [0, 0.1) is 11.7 Å². The summed E-state index contributed by atoms with van der Waals surface area (Å²) in [5, 5.41) is 9.21. The van der Waals surface area contributed by atoms with Crippen molar-refractivity contribution in [3.05, 3.63) is 29.0 Å². The SMILES string of the molecule is O=S(=O)(NC1CCC(CO)CC1)c1ccc(Cl)cc1F. The van der Waals surface area contributed by atoms with Gasteiger partial charge in [0, 0.05) is 17.7 Å². The second-order valence-electron chi connectivity index (χ2n) is 5.10. The van der Waals surface area contributed by atoms with E-state index in [1.165, 1.54) is 12.1 Å². The molecule has 112 valence electrons. The van der Waals surface area contributed by atoms with Crippen molar-refractivity contribution in [2.75, 3.05) is 6.61 Å². The van der Waals surface area contributed by atoms with Crippen molar-refractivity contribution >= 4 is 21.6 Å². The van der Waals surface area contributed by atoms with Crippen LogP contribution in [0.2, 0.25) is 5.02 Å². The Morgan fingerprint density at radius 1 is 1.30 bits per heavy atom. The molecule has 4 nitrogen and oxygen atoms in total. The van der Waals surface area contributed by atoms with Gasteiger partial charge in [0.1, 0.15) is 10.7 Å². The Hall–Kier alpha value is -0.690. The van der Waals surface area contributed by atoms with E-state index >= 15 is 0 Å². The monoisotopic (exact) mass is 321 g/mol. The van der Waals surface area contributed by atoms with Gasteiger partial charge >= 0.3 is 0 Å². The number of hydrogen-bond acceptors (Lipinski definition) is 3. The standard InChI is InChI=1S/C13H17ClFNO3S/c14-10-3-6-13(12(15)7-10)20(18,19)16-11-4-1-9(8-17)2-5-11/h3,6-7,9,11,16-17H,1-2,4-5,8H2. The molecule has 1 aromatic carbocycles. The molecule has 1 fully saturated rings. The molecular weight excluding hydrogens is 305 g/mol. The van der Waals surface area contributed by atoms with E-state index in [1.807, 2.05) is 0 Å². The predicted molar refractivity (Wildman–Crippen MR) is 74.6 cm³/mol. The van der Waals surface area contributed by atoms with Crippen molar-refractivity contribution in [3.63, 3.8) is 0 Å². The highest BCUT2D eigenvalue weighted by Gasteiger charge is 2.27. The van der Waals surface area contributed by atoms with Crippen LogP contribution in [0.3, 0.4) is 0 Å². The third-order valence-corrected chi connectivity index (χ3v) is 5.40. The maximum absolute atomic E-state index is 13.7. The smallest absolute Gasteiger partial charge is 0.243 e. The first-order valence-electron chi connectivity index (χ1n) is 6.50. The molecule has 0 aliphatic heterocycles. The molecule has 1 saturated carbocycles. The Bertz CT molecular complexity index is 571. The van der Waals surface area contributed by atoms with Gasteiger partial charge in [-0.05, 0) is 49.8 Å². The third-order valence-electron chi connectivity index (χ3n) is 3.61. The molecule has 0 saturated heterocycles. The summed E-state index contributed by atoms with van der Waals surface area (Å²) in [4.78, 5) is -0.383. The van der Waals surface area contributed by atoms with Crippen LogP contribution in [0.4, 0.5) is 4.39 Å². The Morgan fingerprint density at radius 2 is 1.95 bits per heavy atom. The van der Waals surface area contributed by atoms with Crippen LogP contribution in [0.5, 0.6) is 0 Å². The molecule has 1 aliphatic rings. The third kappa shape index (κ3) is 3.69. The average Bonchev–Trinajstić information content (AvgIpc) is 2.38. The highest BCUT2D eigenvalue weighted by atomic mass is 35.5. The van der Waals surface area contributed by atoms with Crippen LogP contribution >= 0.6 is 11.6 Å². The number of rotatable bonds is 4. The molecule has 0 amide bonds. The van der Waals surface area contributed by atoms with Gasteiger partial charge in [-0.25, -0.2) is 17.5 Å². The van der Waals surface area contributed by atoms with E-state index in [0.29, 0.717) is 12.8 Å². The number of hydrogen-bond donors (Lipinski definition) is 2. The lowest BCUT2D eigenvalue weighted by atomic mass is 9.87. The minimum atomic E-state index is -3.88. The number of nitrogens with one attached hydrogen (secondary N) is 1. The second-order valence-corrected chi connectivity index (χ2v) is 7.22. The van der Waals surface area contributed by atoms with E-state index in [2.05, 4.69) is 4.72 Å². The summed E-state index contributed by atoms with van der Waals surface area (Å²) in [5.41, 5.74) is 0. The van der Waals surface area contributed by atoms with Crippen LogP contribution in [-0.4, -0.2) is 26.2 Å². The number of benzene rings is 1. The molecular formula is C13H17ClFNO3S. The van der Waals surface area contributed by atoms with Crippen molar-refractivity contribution in [1.29, 1.82) is 0 Å². The van der Waals surface area contributed by atoms with Crippen molar-refractivity contribution < 1.29 is 17.9 Å². The molecule has 0 bridgehead atoms. The van der Waals surface area contributed by atoms with Crippen LogP contribution in [-0.2, 0) is 10.0 Å². The largest absolute Gasteiger partial charge is 0.396 e. The maximum Gasteiger partial charge on any atom is 0.243 e. The van der Waals surface area contributed by atoms with Gasteiger partial charge < -0.3 is 5.11 Å². The van der Waals surface area contributed by atoms with Crippen molar-refractivity contribution in [1.82, 2.24) is 4.72 Å². The summed E-state index contributed by atoms with van der Waals surface area (Å²) in [6, 6.07) is 3.29. The number of aliphatic hydroxyl groups excluding tert-OH is 1. The molecule has 0 unspecified atom stereocenters. The molecule has 0 radical (unpaired) electrons. The molecule has 2 N–H and O–H groups in total. The van der Waals surface area contributed by atoms with E-state index in [9.17, 15) is 12.8 Å². The molecule has 0 atom stereocenters. The molecule has 20 heavy (non-hydrogen) atoms. The summed E-state index contributed by atoms with van der Waals surface area (Å²) in [5.74, 6) is -0.614. The predicted octanol–water partition coefficient (Wildman–Crippen LogP) is 2.31. The van der Waals surface area contributed by atoms with Gasteiger partial charge in [-0.3, -0.25) is 0 Å². The Morgan fingerprint density at radius 3 is 2.50 bits per heavy atom. The van der Waals surface area contributed by atoms with Gasteiger partial charge in [-0.1, -0.05) is 11.6 Å². The van der Waals surface area contributed by atoms with E-state index in [4.69, 9.17) is 16.7 Å². The normalized spacial score (nSPS) is 23.8. The zero-order valence-corrected chi connectivity index (χ0v) is 12.4. The van der Waals surface area contributed by atoms with E-state index in [-0.39, 0.29) is 28.5 Å². The Balaban J connectivity index is 2.08. The molecule has 0 aromatic heterocycles. The molecule has 0 spiro atoms. The molecule has 0 heterocycles. The first-order chi connectivity index (χ1) is 9.42. The van der Waals surface area contributed by atoms with Gasteiger partial charge in [0.05, 0.1) is 0 Å². The van der Waals surface area contributed by atoms with Crippen molar-refractivity contribution in [2.24, 2.45) is 5.92 Å². The highest BCUT2D eigenvalue weighted by Crippen LogP contribution is 2.26. The highest BCUT2D eigenvalue weighted by molar-refractivity contribution is 7.89. The van der Waals surface area contributed by atoms with Crippen LogP contribution in [0.15, 0.2) is 23.1 Å². The van der Waals surface area contributed by atoms with Crippen molar-refractivity contribution in [2.45, 2.75) is 36.6 Å². The molecule has 7 heteroatoms. The van der Waals surface area contributed by atoms with Crippen molar-refractivity contribution in [3.8, 4) is 0 Å². The van der Waals surface area contributed by atoms with Crippen LogP contribution in [0.25, 0.3) is 0 Å². The summed E-state index contributed by atoms with van der Waals surface area (Å²) < 4.78 is 40.5. The van der Waals surface area contributed by atoms with Crippen LogP contribution < -0.4 is 4.72 Å². The number of aliphatic hydroxyl groups is 1. The Kier molecular flexibility index (Phi) is 5.01. The quantitative estimate of drug-likeness (QED) is 0.894. The summed E-state index contributed by atoms with van der Waals surface area (Å²) in [6.07, 6.45) is 2.85. The minimum Gasteiger partial charge on any atom is -0.396 e. The summed E-state index contributed by atoms with van der Waals surface area (Å²) in [6.45, 7) is 0.130.